The molecule has 2 aromatic carbocycles. The van der Waals surface area contributed by atoms with Gasteiger partial charge in [0.05, 0.1) is 0 Å². The molecule has 162 valence electrons. The zero-order valence-corrected chi connectivity index (χ0v) is 18.9. The fourth-order valence-electron chi connectivity index (χ4n) is 4.34. The van der Waals surface area contributed by atoms with E-state index >= 15 is 0 Å². The Labute approximate surface area is 179 Å². The normalized spacial score (nSPS) is 18.0. The first kappa shape index (κ1) is 22.0. The Bertz CT molecular complexity index is 933. The smallest absolute Gasteiger partial charge is 0.308 e. The van der Waals surface area contributed by atoms with E-state index in [9.17, 15) is 4.79 Å². The van der Waals surface area contributed by atoms with Gasteiger partial charge in [-0.3, -0.25) is 4.79 Å². The third-order valence-corrected chi connectivity index (χ3v) is 5.87. The van der Waals surface area contributed by atoms with Crippen molar-refractivity contribution in [3.8, 4) is 17.2 Å². The van der Waals surface area contributed by atoms with Crippen LogP contribution >= 0.6 is 0 Å². The fourth-order valence-corrected chi connectivity index (χ4v) is 4.34. The highest BCUT2D eigenvalue weighted by Crippen LogP contribution is 2.45. The Morgan fingerprint density at radius 3 is 2.40 bits per heavy atom. The van der Waals surface area contributed by atoms with Crippen LogP contribution < -0.4 is 19.9 Å². The highest BCUT2D eigenvalue weighted by Gasteiger charge is 2.40. The first-order valence-corrected chi connectivity index (χ1v) is 10.6. The monoisotopic (exact) mass is 411 g/mol. The number of ether oxygens (including phenoxy) is 3. The minimum Gasteiger partial charge on any atom is -0.489 e. The van der Waals surface area contributed by atoms with Gasteiger partial charge < -0.3 is 19.9 Å². The van der Waals surface area contributed by atoms with Gasteiger partial charge in [-0.05, 0) is 86.9 Å². The lowest BCUT2D eigenvalue weighted by molar-refractivity contribution is -0.132. The number of hydrogen-bond donors (Lipinski definition) is 1. The van der Waals surface area contributed by atoms with E-state index < -0.39 is 5.60 Å². The van der Waals surface area contributed by atoms with Gasteiger partial charge in [0.1, 0.15) is 29.5 Å². The van der Waals surface area contributed by atoms with E-state index in [-0.39, 0.29) is 5.97 Å². The van der Waals surface area contributed by atoms with Gasteiger partial charge in [-0.1, -0.05) is 13.8 Å². The number of carbonyl (C=O) groups is 1. The lowest BCUT2D eigenvalue weighted by Gasteiger charge is -2.41. The van der Waals surface area contributed by atoms with Gasteiger partial charge in [-0.15, -0.1) is 0 Å². The maximum absolute atomic E-state index is 11.6. The summed E-state index contributed by atoms with van der Waals surface area (Å²) in [5.74, 6) is 2.52. The Morgan fingerprint density at radius 2 is 1.80 bits per heavy atom. The van der Waals surface area contributed by atoms with Gasteiger partial charge in [-0.2, -0.15) is 0 Å². The number of anilines is 1. The lowest BCUT2D eigenvalue weighted by Crippen LogP contribution is -2.46. The van der Waals surface area contributed by atoms with Crippen molar-refractivity contribution in [3.05, 3.63) is 46.5 Å². The molecule has 0 bridgehead atoms. The van der Waals surface area contributed by atoms with Gasteiger partial charge in [0.15, 0.2) is 0 Å². The van der Waals surface area contributed by atoms with Crippen molar-refractivity contribution in [2.24, 2.45) is 5.92 Å². The van der Waals surface area contributed by atoms with Crippen molar-refractivity contribution in [1.82, 2.24) is 0 Å². The number of nitrogens with two attached hydrogens (primary N) is 1. The minimum atomic E-state index is -0.408. The maximum atomic E-state index is 11.6. The number of fused-ring (bicyclic) bond motifs is 1. The molecule has 1 unspecified atom stereocenters. The summed E-state index contributed by atoms with van der Waals surface area (Å²) >= 11 is 0. The molecule has 0 fully saturated rings. The lowest BCUT2D eigenvalue weighted by atomic mass is 9.82. The Hall–Kier alpha value is -2.69. The molecular weight excluding hydrogens is 378 g/mol. The molecule has 1 aliphatic heterocycles. The third-order valence-electron chi connectivity index (χ3n) is 5.87. The largest absolute Gasteiger partial charge is 0.489 e. The van der Waals surface area contributed by atoms with Crippen molar-refractivity contribution in [2.75, 3.05) is 12.3 Å². The SMILES string of the molecule is CC(=O)Oc1c(C)c(C)c2c(c1C)CCC(COc1ccc(N)cc1)(CC(C)C)O2. The van der Waals surface area contributed by atoms with Gasteiger partial charge in [0.2, 0.25) is 0 Å². The van der Waals surface area contributed by atoms with E-state index in [1.54, 1.807) is 0 Å². The van der Waals surface area contributed by atoms with E-state index in [1.807, 2.05) is 45.0 Å². The second-order valence-corrected chi connectivity index (χ2v) is 8.85. The topological polar surface area (TPSA) is 70.8 Å². The van der Waals surface area contributed by atoms with Gasteiger partial charge in [0, 0.05) is 18.2 Å². The van der Waals surface area contributed by atoms with Crippen LogP contribution in [-0.2, 0) is 11.2 Å². The summed E-state index contributed by atoms with van der Waals surface area (Å²) in [6.07, 6.45) is 2.59. The number of benzene rings is 2. The van der Waals surface area contributed by atoms with E-state index in [1.165, 1.54) is 6.92 Å². The summed E-state index contributed by atoms with van der Waals surface area (Å²) in [6.45, 7) is 12.3. The van der Waals surface area contributed by atoms with Crippen LogP contribution in [0, 0.1) is 26.7 Å². The quantitative estimate of drug-likeness (QED) is 0.396. The highest BCUT2D eigenvalue weighted by atomic mass is 16.5. The molecule has 5 nitrogen and oxygen atoms in total. The van der Waals surface area contributed by atoms with Crippen LogP contribution in [0.25, 0.3) is 0 Å². The Balaban J connectivity index is 1.94. The second-order valence-electron chi connectivity index (χ2n) is 8.85. The molecule has 0 aromatic heterocycles. The predicted molar refractivity (Wildman–Crippen MR) is 119 cm³/mol. The molecule has 0 amide bonds. The molecule has 0 aliphatic carbocycles. The predicted octanol–water partition coefficient (Wildman–Crippen LogP) is 5.31. The zero-order valence-electron chi connectivity index (χ0n) is 18.9. The van der Waals surface area contributed by atoms with Crippen molar-refractivity contribution < 1.29 is 19.0 Å². The van der Waals surface area contributed by atoms with Gasteiger partial charge in [-0.25, -0.2) is 0 Å². The van der Waals surface area contributed by atoms with Crippen LogP contribution in [0.3, 0.4) is 0 Å². The summed E-state index contributed by atoms with van der Waals surface area (Å²) in [5.41, 5.74) is 10.2. The first-order valence-electron chi connectivity index (χ1n) is 10.6. The molecule has 1 aliphatic rings. The molecule has 0 spiro atoms. The number of rotatable bonds is 6. The van der Waals surface area contributed by atoms with Crippen molar-refractivity contribution in [3.63, 3.8) is 0 Å². The van der Waals surface area contributed by atoms with Gasteiger partial charge >= 0.3 is 5.97 Å². The van der Waals surface area contributed by atoms with Crippen molar-refractivity contribution in [2.45, 2.75) is 66.4 Å². The van der Waals surface area contributed by atoms with Crippen LogP contribution in [0.15, 0.2) is 24.3 Å². The van der Waals surface area contributed by atoms with Crippen LogP contribution in [0.1, 0.15) is 55.9 Å². The summed E-state index contributed by atoms with van der Waals surface area (Å²) in [6, 6.07) is 7.46. The first-order chi connectivity index (χ1) is 14.1. The molecule has 0 saturated heterocycles. The molecule has 2 aromatic rings. The summed E-state index contributed by atoms with van der Waals surface area (Å²) < 4.78 is 18.4. The standard InChI is InChI=1S/C25H33NO4/c1-15(2)13-25(14-28-21-9-7-20(26)8-10-21)12-11-22-18(5)23(29-19(6)27)16(3)17(4)24(22)30-25/h7-10,15H,11-14,26H2,1-6H3. The van der Waals surface area contributed by atoms with Crippen LogP contribution in [0.5, 0.6) is 17.2 Å². The molecule has 2 N–H and O–H groups in total. The number of esters is 1. The molecule has 0 radical (unpaired) electrons. The van der Waals surface area contributed by atoms with E-state index in [2.05, 4.69) is 13.8 Å². The number of hydrogen-bond acceptors (Lipinski definition) is 5. The highest BCUT2D eigenvalue weighted by molar-refractivity contribution is 5.72. The minimum absolute atomic E-state index is 0.302. The average molecular weight is 412 g/mol. The Morgan fingerprint density at radius 1 is 1.13 bits per heavy atom. The average Bonchev–Trinajstić information content (AvgIpc) is 2.68. The summed E-state index contributed by atoms with van der Waals surface area (Å²) in [5, 5.41) is 0. The van der Waals surface area contributed by atoms with E-state index in [0.29, 0.717) is 24.0 Å². The van der Waals surface area contributed by atoms with Crippen LogP contribution in [0.4, 0.5) is 5.69 Å². The molecule has 5 heteroatoms. The number of carbonyl (C=O) groups excluding carboxylic acids is 1. The molecular formula is C25H33NO4. The molecule has 1 atom stereocenters. The molecule has 3 rings (SSSR count). The van der Waals surface area contributed by atoms with E-state index in [4.69, 9.17) is 19.9 Å². The van der Waals surface area contributed by atoms with E-state index in [0.717, 1.165) is 53.0 Å². The second kappa shape index (κ2) is 8.58. The van der Waals surface area contributed by atoms with Crippen molar-refractivity contribution in [1.29, 1.82) is 0 Å². The third kappa shape index (κ3) is 4.55. The summed E-state index contributed by atoms with van der Waals surface area (Å²) in [7, 11) is 0. The molecule has 30 heavy (non-hydrogen) atoms. The van der Waals surface area contributed by atoms with Crippen LogP contribution in [-0.4, -0.2) is 18.2 Å². The summed E-state index contributed by atoms with van der Waals surface area (Å²) in [4.78, 5) is 11.6. The van der Waals surface area contributed by atoms with Crippen LogP contribution in [0.2, 0.25) is 0 Å². The fraction of sp³-hybridized carbons (Fsp3) is 0.480. The Kier molecular flexibility index (Phi) is 6.30. The van der Waals surface area contributed by atoms with Crippen molar-refractivity contribution >= 4 is 11.7 Å². The molecule has 0 saturated carbocycles. The van der Waals surface area contributed by atoms with Gasteiger partial charge in [0.25, 0.3) is 0 Å². The zero-order chi connectivity index (χ0) is 22.1. The maximum Gasteiger partial charge on any atom is 0.308 e. The number of nitrogen functional groups attached to an aromatic ring is 1. The molecule has 1 heterocycles.